The Bertz CT molecular complexity index is 255. The van der Waals surface area contributed by atoms with E-state index >= 15 is 0 Å². The second kappa shape index (κ2) is 6.55. The molecule has 0 radical (unpaired) electrons. The molecule has 0 bridgehead atoms. The van der Waals surface area contributed by atoms with Crippen LogP contribution in [0.25, 0.3) is 0 Å². The van der Waals surface area contributed by atoms with Crippen LogP contribution in [0.15, 0.2) is 0 Å². The molecule has 0 aromatic heterocycles. The molecule has 0 amide bonds. The van der Waals surface area contributed by atoms with Crippen molar-refractivity contribution in [2.75, 3.05) is 6.61 Å². The molecule has 0 saturated heterocycles. The zero-order chi connectivity index (χ0) is 14.4. The summed E-state index contributed by atoms with van der Waals surface area (Å²) in [6, 6.07) is 0. The Labute approximate surface area is 106 Å². The van der Waals surface area contributed by atoms with Crippen molar-refractivity contribution in [3.63, 3.8) is 0 Å². The van der Waals surface area contributed by atoms with Crippen molar-refractivity contribution in [1.29, 1.82) is 0 Å². The molecular weight excluding hydrogens is 244 g/mol. The first-order chi connectivity index (χ1) is 7.99. The van der Waals surface area contributed by atoms with Gasteiger partial charge in [-0.1, -0.05) is 0 Å². The van der Waals surface area contributed by atoms with E-state index in [4.69, 9.17) is 4.89 Å². The predicted molar refractivity (Wildman–Crippen MR) is 60.2 cm³/mol. The molecule has 0 N–H and O–H groups in total. The summed E-state index contributed by atoms with van der Waals surface area (Å²) in [5, 5.41) is 0. The molecule has 106 valence electrons. The van der Waals surface area contributed by atoms with Crippen molar-refractivity contribution in [2.24, 2.45) is 0 Å². The Morgan fingerprint density at radius 1 is 0.833 bits per heavy atom. The highest BCUT2D eigenvalue weighted by Gasteiger charge is 2.19. The number of hydrogen-bond donors (Lipinski definition) is 0. The van der Waals surface area contributed by atoms with E-state index in [1.165, 1.54) is 0 Å². The monoisotopic (exact) mass is 264 g/mol. The molecule has 0 aromatic rings. The van der Waals surface area contributed by atoms with Gasteiger partial charge >= 0.3 is 12.1 Å². The molecule has 0 rings (SSSR count). The van der Waals surface area contributed by atoms with Crippen LogP contribution in [0.1, 0.15) is 41.5 Å². The third-order valence-electron chi connectivity index (χ3n) is 1.05. The normalized spacial score (nSPS) is 11.9. The summed E-state index contributed by atoms with van der Waals surface area (Å²) in [6.45, 7) is 9.54. The molecule has 18 heavy (non-hydrogen) atoms. The predicted octanol–water partition coefficient (Wildman–Crippen LogP) is 2.14. The Hall–Kier alpha value is -1.34. The quantitative estimate of drug-likeness (QED) is 0.437. The van der Waals surface area contributed by atoms with Gasteiger partial charge in [-0.25, -0.2) is 9.59 Å². The zero-order valence-electron chi connectivity index (χ0n) is 11.6. The van der Waals surface area contributed by atoms with Crippen molar-refractivity contribution in [2.45, 2.75) is 52.7 Å². The highest BCUT2D eigenvalue weighted by molar-refractivity contribution is 5.73. The third-order valence-corrected chi connectivity index (χ3v) is 1.05. The first-order valence-corrected chi connectivity index (χ1v) is 5.40. The minimum Gasteiger partial charge on any atom is -0.420 e. The summed E-state index contributed by atoms with van der Waals surface area (Å²) in [4.78, 5) is 40.1. The number of ether oxygens (including phenoxy) is 1. The lowest BCUT2D eigenvalue weighted by molar-refractivity contribution is -0.325. The second-order valence-corrected chi connectivity index (χ2v) is 5.47. The van der Waals surface area contributed by atoms with Crippen LogP contribution in [0.3, 0.4) is 0 Å². The molecule has 0 saturated carbocycles. The van der Waals surface area contributed by atoms with Gasteiger partial charge in [0.25, 0.3) is 0 Å². The van der Waals surface area contributed by atoms with Crippen LogP contribution in [-0.2, 0) is 29.1 Å². The van der Waals surface area contributed by atoms with Gasteiger partial charge in [0.1, 0.15) is 11.2 Å². The van der Waals surface area contributed by atoms with Crippen molar-refractivity contribution < 1.29 is 33.9 Å². The maximum Gasteiger partial charge on any atom is 0.541 e. The number of carbonyl (C=O) groups excluding carboxylic acids is 2. The van der Waals surface area contributed by atoms with Gasteiger partial charge in [-0.15, -0.1) is 0 Å². The summed E-state index contributed by atoms with van der Waals surface area (Å²) in [7, 11) is 0. The Morgan fingerprint density at radius 2 is 1.28 bits per heavy atom. The average Bonchev–Trinajstić information content (AvgIpc) is 2.18. The van der Waals surface area contributed by atoms with Gasteiger partial charge in [-0.2, -0.15) is 9.78 Å². The minimum absolute atomic E-state index is 0.623. The third kappa shape index (κ3) is 11.2. The molecule has 0 aliphatic carbocycles. The van der Waals surface area contributed by atoms with E-state index in [1.54, 1.807) is 41.5 Å². The SMILES string of the molecule is CC(C)(C)OOC(=O)COC(=O)OOC(C)(C)C. The van der Waals surface area contributed by atoms with Gasteiger partial charge in [-0.05, 0) is 41.5 Å². The number of hydrogen-bond acceptors (Lipinski definition) is 7. The van der Waals surface area contributed by atoms with Crippen LogP contribution in [-0.4, -0.2) is 29.9 Å². The van der Waals surface area contributed by atoms with Crippen LogP contribution in [0, 0.1) is 0 Å². The Morgan fingerprint density at radius 3 is 1.72 bits per heavy atom. The van der Waals surface area contributed by atoms with Crippen LogP contribution in [0.5, 0.6) is 0 Å². The molecule has 0 aliphatic heterocycles. The topological polar surface area (TPSA) is 80.3 Å². The van der Waals surface area contributed by atoms with Crippen LogP contribution in [0.2, 0.25) is 0 Å². The molecule has 0 atom stereocenters. The van der Waals surface area contributed by atoms with Gasteiger partial charge in [-0.3, -0.25) is 9.78 Å². The Balaban J connectivity index is 3.76. The minimum atomic E-state index is -1.13. The number of rotatable bonds is 4. The largest absolute Gasteiger partial charge is 0.541 e. The fourth-order valence-corrected chi connectivity index (χ4v) is 0.496. The average molecular weight is 264 g/mol. The molecule has 7 nitrogen and oxygen atoms in total. The smallest absolute Gasteiger partial charge is 0.420 e. The van der Waals surface area contributed by atoms with Gasteiger partial charge in [0.15, 0.2) is 6.61 Å². The van der Waals surface area contributed by atoms with Crippen molar-refractivity contribution in [3.8, 4) is 0 Å². The van der Waals surface area contributed by atoms with Crippen LogP contribution < -0.4 is 0 Å². The fraction of sp³-hybridized carbons (Fsp3) is 0.818. The summed E-state index contributed by atoms with van der Waals surface area (Å²) in [5.74, 6) is -0.849. The molecule has 0 heterocycles. The first-order valence-electron chi connectivity index (χ1n) is 5.40. The van der Waals surface area contributed by atoms with E-state index in [0.717, 1.165) is 0 Å². The lowest BCUT2D eigenvalue weighted by Gasteiger charge is -2.17. The molecule has 7 heteroatoms. The zero-order valence-corrected chi connectivity index (χ0v) is 11.6. The van der Waals surface area contributed by atoms with Crippen molar-refractivity contribution >= 4 is 12.1 Å². The standard InChI is InChI=1S/C11H20O7/c1-10(2,3)17-15-8(12)7-14-9(13)16-18-11(4,5)6/h7H2,1-6H3. The van der Waals surface area contributed by atoms with Crippen LogP contribution in [0.4, 0.5) is 4.79 Å². The fourth-order valence-electron chi connectivity index (χ4n) is 0.496. The highest BCUT2D eigenvalue weighted by atomic mass is 17.2. The summed E-state index contributed by atoms with van der Waals surface area (Å²) >= 11 is 0. The van der Waals surface area contributed by atoms with Gasteiger partial charge in [0, 0.05) is 0 Å². The van der Waals surface area contributed by atoms with Crippen molar-refractivity contribution in [1.82, 2.24) is 0 Å². The van der Waals surface area contributed by atoms with E-state index in [9.17, 15) is 9.59 Å². The lowest BCUT2D eigenvalue weighted by Crippen LogP contribution is -2.26. The molecular formula is C11H20O7. The highest BCUT2D eigenvalue weighted by Crippen LogP contribution is 2.08. The van der Waals surface area contributed by atoms with Crippen molar-refractivity contribution in [3.05, 3.63) is 0 Å². The molecule has 0 spiro atoms. The van der Waals surface area contributed by atoms with E-state index in [-0.39, 0.29) is 0 Å². The van der Waals surface area contributed by atoms with E-state index < -0.39 is 29.9 Å². The summed E-state index contributed by atoms with van der Waals surface area (Å²) in [5.41, 5.74) is -1.29. The van der Waals surface area contributed by atoms with E-state index in [1.807, 2.05) is 0 Å². The lowest BCUT2D eigenvalue weighted by atomic mass is 10.2. The number of carbonyl (C=O) groups is 2. The first kappa shape index (κ1) is 16.7. The summed E-state index contributed by atoms with van der Waals surface area (Å²) < 4.78 is 4.42. The summed E-state index contributed by atoms with van der Waals surface area (Å²) in [6.07, 6.45) is -1.13. The van der Waals surface area contributed by atoms with E-state index in [2.05, 4.69) is 19.4 Å². The molecule has 0 aromatic carbocycles. The van der Waals surface area contributed by atoms with Gasteiger partial charge < -0.3 is 4.74 Å². The second-order valence-electron chi connectivity index (χ2n) is 5.47. The molecule has 0 fully saturated rings. The maximum absolute atomic E-state index is 11.1. The van der Waals surface area contributed by atoms with E-state index in [0.29, 0.717) is 0 Å². The molecule has 0 unspecified atom stereocenters. The molecule has 0 aliphatic rings. The van der Waals surface area contributed by atoms with Gasteiger partial charge in [0.05, 0.1) is 0 Å². The van der Waals surface area contributed by atoms with Crippen LogP contribution >= 0.6 is 0 Å². The maximum atomic E-state index is 11.1. The van der Waals surface area contributed by atoms with Gasteiger partial charge in [0.2, 0.25) is 0 Å². The Kier molecular flexibility index (Phi) is 6.07.